The molecule has 0 aromatic carbocycles. The van der Waals surface area contributed by atoms with E-state index in [2.05, 4.69) is 14.4 Å². The molecule has 1 heterocycles. The molecule has 8 N–H and O–H groups in total. The predicted molar refractivity (Wildman–Crippen MR) is 83.1 cm³/mol. The summed E-state index contributed by atoms with van der Waals surface area (Å²) in [6.45, 7) is 0. The van der Waals surface area contributed by atoms with E-state index >= 15 is 0 Å². The van der Waals surface area contributed by atoms with E-state index in [1.165, 1.54) is 23.1 Å². The van der Waals surface area contributed by atoms with Gasteiger partial charge < -0.3 is 17.2 Å². The van der Waals surface area contributed by atoms with Crippen molar-refractivity contribution in [1.29, 1.82) is 0 Å². The number of nitrogens with zero attached hydrogens (tertiary/aromatic N) is 3. The summed E-state index contributed by atoms with van der Waals surface area (Å²) >= 11 is 2.97. The maximum absolute atomic E-state index is 10.6. The first-order chi connectivity index (χ1) is 9.26. The van der Waals surface area contributed by atoms with Gasteiger partial charge in [0, 0.05) is 23.3 Å². The molecular weight excluding hydrogens is 322 g/mol. The topological polar surface area (TPSA) is 176 Å². The van der Waals surface area contributed by atoms with E-state index in [0.29, 0.717) is 23.7 Å². The number of hydrogen-bond acceptors (Lipinski definition) is 6. The summed E-state index contributed by atoms with van der Waals surface area (Å²) in [6, 6.07) is 0. The molecule has 9 nitrogen and oxygen atoms in total. The van der Waals surface area contributed by atoms with Crippen LogP contribution in [0.1, 0.15) is 11.4 Å². The van der Waals surface area contributed by atoms with Gasteiger partial charge in [0.15, 0.2) is 11.8 Å². The third-order valence-corrected chi connectivity index (χ3v) is 4.23. The van der Waals surface area contributed by atoms with Crippen molar-refractivity contribution in [3.05, 3.63) is 10.4 Å². The quantitative estimate of drug-likeness (QED) is 0.287. The van der Waals surface area contributed by atoms with Crippen LogP contribution in [0.2, 0.25) is 0 Å². The number of amidine groups is 1. The highest BCUT2D eigenvalue weighted by Gasteiger charge is 2.04. The molecule has 112 valence electrons. The van der Waals surface area contributed by atoms with Crippen molar-refractivity contribution in [2.75, 3.05) is 5.75 Å². The summed E-state index contributed by atoms with van der Waals surface area (Å²) in [7, 11) is -3.92. The molecule has 0 saturated carbocycles. The zero-order chi connectivity index (χ0) is 15.2. The van der Waals surface area contributed by atoms with Crippen LogP contribution in [-0.2, 0) is 16.0 Å². The minimum atomic E-state index is -3.92. The van der Waals surface area contributed by atoms with Gasteiger partial charge in [0.25, 0.3) is 0 Å². The molecule has 1 aromatic rings. The van der Waals surface area contributed by atoms with E-state index in [0.717, 1.165) is 5.01 Å². The highest BCUT2D eigenvalue weighted by molar-refractivity contribution is 7.98. The van der Waals surface area contributed by atoms with Gasteiger partial charge in [-0.05, 0) is 0 Å². The fraction of sp³-hybridized carbons (Fsp3) is 0.375. The summed E-state index contributed by atoms with van der Waals surface area (Å²) in [5.41, 5.74) is 15.9. The number of thiazole rings is 1. The van der Waals surface area contributed by atoms with Crippen LogP contribution in [0.5, 0.6) is 0 Å². The molecule has 0 spiro atoms. The Morgan fingerprint density at radius 2 is 2.10 bits per heavy atom. The Morgan fingerprint density at radius 1 is 1.40 bits per heavy atom. The molecule has 0 saturated heterocycles. The van der Waals surface area contributed by atoms with Crippen molar-refractivity contribution in [3.63, 3.8) is 0 Å². The molecule has 0 aliphatic rings. The molecule has 1 rings (SSSR count). The van der Waals surface area contributed by atoms with E-state index < -0.39 is 10.2 Å². The normalized spacial score (nSPS) is 12.3. The summed E-state index contributed by atoms with van der Waals surface area (Å²) in [5, 5.41) is 7.33. The second-order valence-corrected chi connectivity index (χ2v) is 6.80. The highest BCUT2D eigenvalue weighted by Crippen LogP contribution is 2.21. The number of aromatic nitrogens is 1. The molecule has 0 aliphatic heterocycles. The minimum absolute atomic E-state index is 0.0136. The molecule has 0 amide bonds. The molecule has 20 heavy (non-hydrogen) atoms. The molecule has 0 unspecified atom stereocenters. The number of thioether (sulfide) groups is 1. The van der Waals surface area contributed by atoms with Crippen LogP contribution < -0.4 is 22.3 Å². The smallest absolute Gasteiger partial charge is 0.318 e. The standard InChI is InChI=1S/C8H15N7O2S3/c9-5(15-20(12,16)17)1-2-18-4-7-13-6(3-19-7)14-8(10)11/h3H,1-2,4H2,(H2,9,15)(H4,10,11,14)(H2,12,16,17). The van der Waals surface area contributed by atoms with Crippen molar-refractivity contribution in [3.8, 4) is 0 Å². The van der Waals surface area contributed by atoms with Crippen molar-refractivity contribution < 1.29 is 8.42 Å². The summed E-state index contributed by atoms with van der Waals surface area (Å²) in [4.78, 5) is 8.02. The fourth-order valence-corrected chi connectivity index (χ4v) is 3.27. The van der Waals surface area contributed by atoms with Crippen molar-refractivity contribution in [1.82, 2.24) is 4.98 Å². The van der Waals surface area contributed by atoms with Gasteiger partial charge in [0.05, 0.1) is 0 Å². The van der Waals surface area contributed by atoms with Crippen LogP contribution in [0.4, 0.5) is 5.82 Å². The first kappa shape index (κ1) is 16.7. The zero-order valence-electron chi connectivity index (χ0n) is 10.4. The molecule has 0 bridgehead atoms. The van der Waals surface area contributed by atoms with Crippen LogP contribution >= 0.6 is 23.1 Å². The van der Waals surface area contributed by atoms with Gasteiger partial charge in [-0.3, -0.25) is 0 Å². The molecule has 12 heteroatoms. The average molecular weight is 337 g/mol. The largest absolute Gasteiger partial charge is 0.386 e. The number of nitrogens with two attached hydrogens (primary N) is 4. The molecule has 0 atom stereocenters. The number of hydrogen-bond donors (Lipinski definition) is 4. The van der Waals surface area contributed by atoms with Gasteiger partial charge in [-0.25, -0.2) is 10.1 Å². The third-order valence-electron chi connectivity index (χ3n) is 1.76. The lowest BCUT2D eigenvalue weighted by Gasteiger charge is -1.99. The van der Waals surface area contributed by atoms with Crippen LogP contribution in [0.3, 0.4) is 0 Å². The van der Waals surface area contributed by atoms with Crippen LogP contribution in [-0.4, -0.2) is 30.9 Å². The first-order valence-electron chi connectivity index (χ1n) is 5.25. The molecular formula is C8H15N7O2S3. The SMILES string of the molecule is NC(N)=Nc1csc(CSCC/C(N)=N\S(N)(=O)=O)n1. The van der Waals surface area contributed by atoms with Crippen molar-refractivity contribution in [2.45, 2.75) is 12.2 Å². The van der Waals surface area contributed by atoms with E-state index in [9.17, 15) is 8.42 Å². The Balaban J connectivity index is 2.37. The molecule has 1 aromatic heterocycles. The lowest BCUT2D eigenvalue weighted by atomic mass is 10.5. The van der Waals surface area contributed by atoms with Crippen molar-refractivity contribution >= 4 is 50.9 Å². The van der Waals surface area contributed by atoms with Crippen LogP contribution in [0.15, 0.2) is 14.8 Å². The lowest BCUT2D eigenvalue weighted by Crippen LogP contribution is -2.21. The Morgan fingerprint density at radius 3 is 2.70 bits per heavy atom. The average Bonchev–Trinajstić information content (AvgIpc) is 2.68. The summed E-state index contributed by atoms with van der Waals surface area (Å²) < 4.78 is 24.5. The Bertz CT molecular complexity index is 603. The van der Waals surface area contributed by atoms with Gasteiger partial charge in [-0.1, -0.05) is 0 Å². The van der Waals surface area contributed by atoms with E-state index in [-0.39, 0.29) is 11.8 Å². The van der Waals surface area contributed by atoms with Gasteiger partial charge >= 0.3 is 10.2 Å². The van der Waals surface area contributed by atoms with Gasteiger partial charge in [0.2, 0.25) is 0 Å². The lowest BCUT2D eigenvalue weighted by molar-refractivity contribution is 0.599. The second-order valence-electron chi connectivity index (χ2n) is 3.54. The Kier molecular flexibility index (Phi) is 6.19. The fourth-order valence-electron chi connectivity index (χ4n) is 1.10. The Labute approximate surface area is 124 Å². The number of guanidine groups is 1. The van der Waals surface area contributed by atoms with Crippen molar-refractivity contribution in [2.24, 2.45) is 31.7 Å². The summed E-state index contributed by atoms with van der Waals surface area (Å²) in [5.74, 6) is 1.66. The van der Waals surface area contributed by atoms with Gasteiger partial charge in [0.1, 0.15) is 10.8 Å². The monoisotopic (exact) mass is 337 g/mol. The highest BCUT2D eigenvalue weighted by atomic mass is 32.2. The molecule has 0 fully saturated rings. The van der Waals surface area contributed by atoms with Crippen LogP contribution in [0.25, 0.3) is 0 Å². The number of aliphatic imine (C=N–C) groups is 1. The van der Waals surface area contributed by atoms with Gasteiger partial charge in [-0.15, -0.1) is 15.7 Å². The number of rotatable bonds is 7. The van der Waals surface area contributed by atoms with Gasteiger partial charge in [-0.2, -0.15) is 25.2 Å². The second kappa shape index (κ2) is 7.42. The van der Waals surface area contributed by atoms with E-state index in [1.807, 2.05) is 0 Å². The molecule has 0 aliphatic carbocycles. The molecule has 0 radical (unpaired) electrons. The zero-order valence-corrected chi connectivity index (χ0v) is 12.8. The van der Waals surface area contributed by atoms with Crippen LogP contribution in [0, 0.1) is 0 Å². The van der Waals surface area contributed by atoms with E-state index in [4.69, 9.17) is 22.3 Å². The predicted octanol–water partition coefficient (Wildman–Crippen LogP) is -0.768. The summed E-state index contributed by atoms with van der Waals surface area (Å²) in [6.07, 6.45) is 0.327. The third kappa shape index (κ3) is 7.28. The minimum Gasteiger partial charge on any atom is -0.386 e. The maximum atomic E-state index is 10.6. The van der Waals surface area contributed by atoms with E-state index in [1.54, 1.807) is 5.38 Å². The maximum Gasteiger partial charge on any atom is 0.318 e. The first-order valence-corrected chi connectivity index (χ1v) is 8.79. The Hall–Kier alpha value is -1.37.